The Hall–Kier alpha value is -2.65. The molecule has 6 nitrogen and oxygen atoms in total. The standard InChI is InChI=1S/C17H17F3N4O2/c18-17(19,20)11-1-6-15(22-9-11)23-12-2-4-13(5-3-12)24-16(25)14-10-21-7-8-26-14/h1-6,9,14,21H,7-8,10H2,(H,22,23)(H,24,25). The van der Waals surface area contributed by atoms with Gasteiger partial charge in [0.2, 0.25) is 0 Å². The van der Waals surface area contributed by atoms with E-state index in [1.165, 1.54) is 6.07 Å². The van der Waals surface area contributed by atoms with Gasteiger partial charge >= 0.3 is 6.18 Å². The first-order valence-corrected chi connectivity index (χ1v) is 7.95. The molecule has 138 valence electrons. The lowest BCUT2D eigenvalue weighted by atomic mass is 10.2. The van der Waals surface area contributed by atoms with Crippen LogP contribution in [-0.4, -0.2) is 36.7 Å². The molecule has 1 fully saturated rings. The quantitative estimate of drug-likeness (QED) is 0.776. The van der Waals surface area contributed by atoms with Gasteiger partial charge in [0.1, 0.15) is 11.9 Å². The molecule has 0 radical (unpaired) electrons. The first-order valence-electron chi connectivity index (χ1n) is 7.95. The molecule has 1 amide bonds. The summed E-state index contributed by atoms with van der Waals surface area (Å²) < 4.78 is 42.9. The third-order valence-corrected chi connectivity index (χ3v) is 3.74. The summed E-state index contributed by atoms with van der Waals surface area (Å²) in [5, 5.41) is 8.73. The van der Waals surface area contributed by atoms with Crippen molar-refractivity contribution in [3.63, 3.8) is 0 Å². The van der Waals surface area contributed by atoms with Crippen LogP contribution in [0.3, 0.4) is 0 Å². The van der Waals surface area contributed by atoms with Gasteiger partial charge in [-0.2, -0.15) is 13.2 Å². The minimum Gasteiger partial charge on any atom is -0.366 e. The number of amides is 1. The molecule has 9 heteroatoms. The van der Waals surface area contributed by atoms with E-state index >= 15 is 0 Å². The molecular weight excluding hydrogens is 349 g/mol. The molecule has 0 bridgehead atoms. The third kappa shape index (κ3) is 4.70. The summed E-state index contributed by atoms with van der Waals surface area (Å²) in [5.41, 5.74) is 0.418. The second kappa shape index (κ2) is 7.71. The Kier molecular flexibility index (Phi) is 5.38. The van der Waals surface area contributed by atoms with Crippen LogP contribution in [0.5, 0.6) is 0 Å². The van der Waals surface area contributed by atoms with E-state index in [1.807, 2.05) is 0 Å². The van der Waals surface area contributed by atoms with Crippen LogP contribution in [-0.2, 0) is 15.7 Å². The van der Waals surface area contributed by atoms with E-state index in [0.717, 1.165) is 18.8 Å². The molecule has 2 aromatic rings. The van der Waals surface area contributed by atoms with Crippen LogP contribution in [0.1, 0.15) is 5.56 Å². The van der Waals surface area contributed by atoms with Gasteiger partial charge < -0.3 is 20.7 Å². The third-order valence-electron chi connectivity index (χ3n) is 3.74. The molecule has 3 rings (SSSR count). The Morgan fingerprint density at radius 3 is 2.46 bits per heavy atom. The molecule has 26 heavy (non-hydrogen) atoms. The molecule has 1 unspecified atom stereocenters. The number of anilines is 3. The lowest BCUT2D eigenvalue weighted by Gasteiger charge is -2.22. The Bertz CT molecular complexity index is 742. The number of alkyl halides is 3. The topological polar surface area (TPSA) is 75.3 Å². The molecule has 1 aliphatic rings. The van der Waals surface area contributed by atoms with Crippen LogP contribution in [0.15, 0.2) is 42.6 Å². The van der Waals surface area contributed by atoms with Crippen LogP contribution in [0.25, 0.3) is 0 Å². The molecule has 3 N–H and O–H groups in total. The van der Waals surface area contributed by atoms with Gasteiger partial charge in [0, 0.05) is 30.7 Å². The van der Waals surface area contributed by atoms with Gasteiger partial charge in [0.15, 0.2) is 0 Å². The minimum atomic E-state index is -4.41. The number of nitrogens with zero attached hydrogens (tertiary/aromatic N) is 1. The van der Waals surface area contributed by atoms with Gasteiger partial charge in [-0.3, -0.25) is 4.79 Å². The van der Waals surface area contributed by atoms with Gasteiger partial charge in [-0.15, -0.1) is 0 Å². The van der Waals surface area contributed by atoms with E-state index in [2.05, 4.69) is 20.9 Å². The number of benzene rings is 1. The SMILES string of the molecule is O=C(Nc1ccc(Nc2ccc(C(F)(F)F)cn2)cc1)C1CNCCO1. The average molecular weight is 366 g/mol. The summed E-state index contributed by atoms with van der Waals surface area (Å²) in [4.78, 5) is 15.8. The first kappa shape index (κ1) is 18.2. The highest BCUT2D eigenvalue weighted by Crippen LogP contribution is 2.29. The molecule has 1 aromatic carbocycles. The van der Waals surface area contributed by atoms with E-state index in [4.69, 9.17) is 4.74 Å². The molecule has 1 atom stereocenters. The number of rotatable bonds is 4. The monoisotopic (exact) mass is 366 g/mol. The zero-order valence-corrected chi connectivity index (χ0v) is 13.6. The number of pyridine rings is 1. The zero-order chi connectivity index (χ0) is 18.6. The van der Waals surface area contributed by atoms with Gasteiger partial charge in [-0.05, 0) is 36.4 Å². The number of carbonyl (C=O) groups is 1. The van der Waals surface area contributed by atoms with Crippen LogP contribution < -0.4 is 16.0 Å². The highest BCUT2D eigenvalue weighted by atomic mass is 19.4. The van der Waals surface area contributed by atoms with Crippen LogP contribution in [0.4, 0.5) is 30.4 Å². The van der Waals surface area contributed by atoms with Crippen molar-refractivity contribution in [2.24, 2.45) is 0 Å². The van der Waals surface area contributed by atoms with E-state index < -0.39 is 17.8 Å². The molecule has 0 saturated carbocycles. The Morgan fingerprint density at radius 2 is 1.88 bits per heavy atom. The van der Waals surface area contributed by atoms with Crippen molar-refractivity contribution in [1.29, 1.82) is 0 Å². The Morgan fingerprint density at radius 1 is 1.15 bits per heavy atom. The number of hydrogen-bond donors (Lipinski definition) is 3. The van der Waals surface area contributed by atoms with Gasteiger partial charge in [-0.25, -0.2) is 4.98 Å². The molecule has 1 aromatic heterocycles. The van der Waals surface area contributed by atoms with Crippen molar-refractivity contribution in [3.05, 3.63) is 48.2 Å². The lowest BCUT2D eigenvalue weighted by molar-refractivity contribution is -0.137. The molecular formula is C17H17F3N4O2. The van der Waals surface area contributed by atoms with Crippen LogP contribution in [0, 0.1) is 0 Å². The fraction of sp³-hybridized carbons (Fsp3) is 0.294. The van der Waals surface area contributed by atoms with E-state index in [0.29, 0.717) is 24.5 Å². The fourth-order valence-corrected chi connectivity index (χ4v) is 2.38. The summed E-state index contributed by atoms with van der Waals surface area (Å²) >= 11 is 0. The van der Waals surface area contributed by atoms with Crippen molar-refractivity contribution in [3.8, 4) is 0 Å². The van der Waals surface area contributed by atoms with Gasteiger partial charge in [-0.1, -0.05) is 0 Å². The van der Waals surface area contributed by atoms with Crippen LogP contribution in [0.2, 0.25) is 0 Å². The Labute approximate surface area is 147 Å². The maximum Gasteiger partial charge on any atom is 0.417 e. The molecule has 1 saturated heterocycles. The normalized spacial score (nSPS) is 17.6. The second-order valence-corrected chi connectivity index (χ2v) is 5.69. The number of aromatic nitrogens is 1. The molecule has 2 heterocycles. The number of nitrogens with one attached hydrogen (secondary N) is 3. The summed E-state index contributed by atoms with van der Waals surface area (Å²) in [6.45, 7) is 1.67. The van der Waals surface area contributed by atoms with E-state index in [-0.39, 0.29) is 11.7 Å². The van der Waals surface area contributed by atoms with Crippen molar-refractivity contribution in [2.75, 3.05) is 30.3 Å². The smallest absolute Gasteiger partial charge is 0.366 e. The maximum atomic E-state index is 12.5. The van der Waals surface area contributed by atoms with E-state index in [9.17, 15) is 18.0 Å². The summed E-state index contributed by atoms with van der Waals surface area (Å²) in [6, 6.07) is 8.96. The molecule has 0 spiro atoms. The van der Waals surface area contributed by atoms with E-state index in [1.54, 1.807) is 24.3 Å². The molecule has 0 aliphatic carbocycles. The van der Waals surface area contributed by atoms with Crippen LogP contribution >= 0.6 is 0 Å². The predicted octanol–water partition coefficient (Wildman–Crippen LogP) is 2.77. The maximum absolute atomic E-state index is 12.5. The zero-order valence-electron chi connectivity index (χ0n) is 13.6. The highest BCUT2D eigenvalue weighted by molar-refractivity contribution is 5.94. The molecule has 1 aliphatic heterocycles. The fourth-order valence-electron chi connectivity index (χ4n) is 2.38. The van der Waals surface area contributed by atoms with Gasteiger partial charge in [0.05, 0.1) is 12.2 Å². The number of morpholine rings is 1. The minimum absolute atomic E-state index is 0.234. The number of ether oxygens (including phenoxy) is 1. The number of hydrogen-bond acceptors (Lipinski definition) is 5. The largest absolute Gasteiger partial charge is 0.417 e. The number of halogens is 3. The Balaban J connectivity index is 1.58. The predicted molar refractivity (Wildman–Crippen MR) is 90.2 cm³/mol. The van der Waals surface area contributed by atoms with Gasteiger partial charge in [0.25, 0.3) is 5.91 Å². The highest BCUT2D eigenvalue weighted by Gasteiger charge is 2.30. The van der Waals surface area contributed by atoms with Crippen molar-refractivity contribution < 1.29 is 22.7 Å². The average Bonchev–Trinajstić information content (AvgIpc) is 2.64. The van der Waals surface area contributed by atoms with Crippen molar-refractivity contribution in [1.82, 2.24) is 10.3 Å². The van der Waals surface area contributed by atoms with Crippen molar-refractivity contribution in [2.45, 2.75) is 12.3 Å². The summed E-state index contributed by atoms with van der Waals surface area (Å²) in [5.74, 6) is 0.0544. The van der Waals surface area contributed by atoms with Crippen molar-refractivity contribution >= 4 is 23.1 Å². The summed E-state index contributed by atoms with van der Waals surface area (Å²) in [6.07, 6.45) is -4.17. The number of carbonyl (C=O) groups excluding carboxylic acids is 1. The lowest BCUT2D eigenvalue weighted by Crippen LogP contribution is -2.45. The second-order valence-electron chi connectivity index (χ2n) is 5.69. The first-order chi connectivity index (χ1) is 12.4. The summed E-state index contributed by atoms with van der Waals surface area (Å²) in [7, 11) is 0.